The summed E-state index contributed by atoms with van der Waals surface area (Å²) >= 11 is 0. The number of anilines is 2. The van der Waals surface area contributed by atoms with Gasteiger partial charge < -0.3 is 10.2 Å². The van der Waals surface area contributed by atoms with E-state index < -0.39 is 10.2 Å². The van der Waals surface area contributed by atoms with E-state index in [2.05, 4.69) is 30.1 Å². The summed E-state index contributed by atoms with van der Waals surface area (Å²) in [5.41, 5.74) is 3.00. The molecule has 27 heavy (non-hydrogen) atoms. The molecular weight excluding hydrogens is 364 g/mol. The first-order chi connectivity index (χ1) is 12.7. The molecule has 0 aliphatic carbocycles. The van der Waals surface area contributed by atoms with Crippen molar-refractivity contribution in [2.45, 2.75) is 33.6 Å². The third-order valence-corrected chi connectivity index (χ3v) is 7.15. The molecule has 1 heterocycles. The molecule has 0 radical (unpaired) electrons. The molecule has 152 valence electrons. The number of hydrogen-bond acceptors (Lipinski definition) is 4. The molecule has 7 nitrogen and oxygen atoms in total. The molecule has 1 amide bonds. The van der Waals surface area contributed by atoms with Crippen molar-refractivity contribution in [1.29, 1.82) is 0 Å². The third kappa shape index (κ3) is 5.00. The van der Waals surface area contributed by atoms with Gasteiger partial charge in [-0.05, 0) is 57.4 Å². The summed E-state index contributed by atoms with van der Waals surface area (Å²) in [6.45, 7) is 8.87. The van der Waals surface area contributed by atoms with Gasteiger partial charge in [0, 0.05) is 57.6 Å². The number of carbonyl (C=O) groups is 1. The maximum absolute atomic E-state index is 12.6. The summed E-state index contributed by atoms with van der Waals surface area (Å²) < 4.78 is 27.0. The number of rotatable bonds is 7. The van der Waals surface area contributed by atoms with Gasteiger partial charge in [-0.15, -0.1) is 0 Å². The van der Waals surface area contributed by atoms with Gasteiger partial charge in [0.15, 0.2) is 0 Å². The van der Waals surface area contributed by atoms with Crippen LogP contribution in [0.4, 0.5) is 11.4 Å². The zero-order chi connectivity index (χ0) is 20.2. The molecular formula is C19H32N4O3S. The van der Waals surface area contributed by atoms with E-state index in [9.17, 15) is 13.2 Å². The van der Waals surface area contributed by atoms with Crippen LogP contribution in [0, 0.1) is 12.8 Å². The number of benzene rings is 1. The third-order valence-electron chi connectivity index (χ3n) is 5.21. The van der Waals surface area contributed by atoms with Crippen LogP contribution in [0.5, 0.6) is 0 Å². The van der Waals surface area contributed by atoms with Gasteiger partial charge in [0.25, 0.3) is 10.2 Å². The van der Waals surface area contributed by atoms with Gasteiger partial charge in [-0.25, -0.2) is 0 Å². The maximum atomic E-state index is 12.6. The monoisotopic (exact) mass is 396 g/mol. The Morgan fingerprint density at radius 1 is 1.19 bits per heavy atom. The Morgan fingerprint density at radius 2 is 1.78 bits per heavy atom. The fraction of sp³-hybridized carbons (Fsp3) is 0.632. The lowest BCUT2D eigenvalue weighted by atomic mass is 9.97. The Kier molecular flexibility index (Phi) is 7.25. The van der Waals surface area contributed by atoms with Crippen LogP contribution in [0.3, 0.4) is 0 Å². The number of amides is 1. The first-order valence-electron chi connectivity index (χ1n) is 9.54. The SMILES string of the molecule is CCN(CC)c1ccc(NC(=O)C2CCN(S(=O)(=O)N(C)C)CC2)c(C)c1. The zero-order valence-corrected chi connectivity index (χ0v) is 17.8. The first kappa shape index (κ1) is 21.7. The molecule has 0 bridgehead atoms. The fourth-order valence-corrected chi connectivity index (χ4v) is 4.52. The van der Waals surface area contributed by atoms with Gasteiger partial charge in [0.05, 0.1) is 0 Å². The standard InChI is InChI=1S/C19H32N4O3S/c1-6-22(7-2)17-8-9-18(15(3)14-17)20-19(24)16-10-12-23(13-11-16)27(25,26)21(4)5/h8-9,14,16H,6-7,10-13H2,1-5H3,(H,20,24). The molecule has 1 aliphatic rings. The fourth-order valence-electron chi connectivity index (χ4n) is 3.39. The van der Waals surface area contributed by atoms with Gasteiger partial charge in [-0.3, -0.25) is 4.79 Å². The maximum Gasteiger partial charge on any atom is 0.281 e. The van der Waals surface area contributed by atoms with Crippen molar-refractivity contribution in [3.63, 3.8) is 0 Å². The van der Waals surface area contributed by atoms with Gasteiger partial charge in [-0.2, -0.15) is 17.0 Å². The molecule has 0 unspecified atom stereocenters. The Hall–Kier alpha value is -1.64. The number of hydrogen-bond donors (Lipinski definition) is 1. The van der Waals surface area contributed by atoms with E-state index in [1.807, 2.05) is 19.1 Å². The summed E-state index contributed by atoms with van der Waals surface area (Å²) in [4.78, 5) is 14.9. The lowest BCUT2D eigenvalue weighted by molar-refractivity contribution is -0.120. The van der Waals surface area contributed by atoms with E-state index >= 15 is 0 Å². The van der Waals surface area contributed by atoms with E-state index in [4.69, 9.17) is 0 Å². The molecule has 1 fully saturated rings. The number of nitrogens with one attached hydrogen (secondary N) is 1. The lowest BCUT2D eigenvalue weighted by Gasteiger charge is -2.32. The van der Waals surface area contributed by atoms with E-state index in [0.29, 0.717) is 25.9 Å². The minimum Gasteiger partial charge on any atom is -0.372 e. The van der Waals surface area contributed by atoms with E-state index in [1.54, 1.807) is 0 Å². The second kappa shape index (κ2) is 9.03. The van der Waals surface area contributed by atoms with Crippen molar-refractivity contribution in [2.24, 2.45) is 5.92 Å². The van der Waals surface area contributed by atoms with Crippen LogP contribution in [0.1, 0.15) is 32.3 Å². The van der Waals surface area contributed by atoms with Crippen LogP contribution in [0.25, 0.3) is 0 Å². The van der Waals surface area contributed by atoms with Gasteiger partial charge in [0.1, 0.15) is 0 Å². The molecule has 2 rings (SSSR count). The second-order valence-corrected chi connectivity index (χ2v) is 9.27. The highest BCUT2D eigenvalue weighted by Gasteiger charge is 2.32. The summed E-state index contributed by atoms with van der Waals surface area (Å²) in [6, 6.07) is 6.07. The predicted octanol–water partition coefficient (Wildman–Crippen LogP) is 2.30. The van der Waals surface area contributed by atoms with E-state index in [1.165, 1.54) is 22.7 Å². The molecule has 1 aliphatic heterocycles. The summed E-state index contributed by atoms with van der Waals surface area (Å²) in [5, 5.41) is 3.02. The van der Waals surface area contributed by atoms with Crippen molar-refractivity contribution < 1.29 is 13.2 Å². The Morgan fingerprint density at radius 3 is 2.26 bits per heavy atom. The molecule has 0 spiro atoms. The van der Waals surface area contributed by atoms with Gasteiger partial charge in [-0.1, -0.05) is 0 Å². The van der Waals surface area contributed by atoms with E-state index in [-0.39, 0.29) is 11.8 Å². The molecule has 0 saturated carbocycles. The highest BCUT2D eigenvalue weighted by atomic mass is 32.2. The van der Waals surface area contributed by atoms with Crippen LogP contribution < -0.4 is 10.2 Å². The first-order valence-corrected chi connectivity index (χ1v) is 10.9. The number of carbonyl (C=O) groups excluding carboxylic acids is 1. The van der Waals surface area contributed by atoms with Crippen molar-refractivity contribution in [1.82, 2.24) is 8.61 Å². The van der Waals surface area contributed by atoms with Crippen LogP contribution in [0.2, 0.25) is 0 Å². The van der Waals surface area contributed by atoms with Crippen LogP contribution in [0.15, 0.2) is 18.2 Å². The minimum absolute atomic E-state index is 0.0319. The van der Waals surface area contributed by atoms with Crippen molar-refractivity contribution in [3.8, 4) is 0 Å². The Bertz CT molecular complexity index is 752. The van der Waals surface area contributed by atoms with Crippen molar-refractivity contribution in [2.75, 3.05) is 50.5 Å². The topological polar surface area (TPSA) is 73.0 Å². The molecule has 1 aromatic rings. The van der Waals surface area contributed by atoms with Crippen molar-refractivity contribution >= 4 is 27.5 Å². The molecule has 1 saturated heterocycles. The Labute approximate surface area is 163 Å². The molecule has 8 heteroatoms. The highest BCUT2D eigenvalue weighted by Crippen LogP contribution is 2.26. The lowest BCUT2D eigenvalue weighted by Crippen LogP contribution is -2.46. The number of nitrogens with zero attached hydrogens (tertiary/aromatic N) is 3. The summed E-state index contributed by atoms with van der Waals surface area (Å²) in [5.74, 6) is -0.198. The largest absolute Gasteiger partial charge is 0.372 e. The van der Waals surface area contributed by atoms with Crippen molar-refractivity contribution in [3.05, 3.63) is 23.8 Å². The highest BCUT2D eigenvalue weighted by molar-refractivity contribution is 7.86. The summed E-state index contributed by atoms with van der Waals surface area (Å²) in [7, 11) is -0.349. The van der Waals surface area contributed by atoms with Crippen LogP contribution in [-0.2, 0) is 15.0 Å². The quantitative estimate of drug-likeness (QED) is 0.768. The van der Waals surface area contributed by atoms with Gasteiger partial charge >= 0.3 is 0 Å². The second-order valence-electron chi connectivity index (χ2n) is 7.12. The molecule has 1 aromatic carbocycles. The molecule has 1 N–H and O–H groups in total. The number of aryl methyl sites for hydroxylation is 1. The minimum atomic E-state index is -3.40. The van der Waals surface area contributed by atoms with Crippen LogP contribution >= 0.6 is 0 Å². The summed E-state index contributed by atoms with van der Waals surface area (Å²) in [6.07, 6.45) is 1.07. The zero-order valence-electron chi connectivity index (χ0n) is 17.0. The Balaban J connectivity index is 1.99. The van der Waals surface area contributed by atoms with Crippen LogP contribution in [-0.4, -0.2) is 63.2 Å². The van der Waals surface area contributed by atoms with E-state index in [0.717, 1.165) is 30.0 Å². The van der Waals surface area contributed by atoms with Gasteiger partial charge in [0.2, 0.25) is 5.91 Å². The number of piperidine rings is 1. The average molecular weight is 397 g/mol. The predicted molar refractivity (Wildman–Crippen MR) is 110 cm³/mol. The molecule has 0 atom stereocenters. The normalized spacial score (nSPS) is 16.5. The molecule has 0 aromatic heterocycles. The smallest absolute Gasteiger partial charge is 0.281 e. The average Bonchev–Trinajstić information content (AvgIpc) is 2.64.